The molecule has 3 heteroatoms. The quantitative estimate of drug-likeness (QED) is 0.505. The summed E-state index contributed by atoms with van der Waals surface area (Å²) in [5.41, 5.74) is 1.67. The topological polar surface area (TPSA) is 17.1 Å². The fraction of sp³-hybridized carbons (Fsp3) is 0.0909. The summed E-state index contributed by atoms with van der Waals surface area (Å²) in [7, 11) is 5.47. The summed E-state index contributed by atoms with van der Waals surface area (Å²) in [5.74, 6) is 1.01. The van der Waals surface area contributed by atoms with Crippen molar-refractivity contribution in [3.8, 4) is 0 Å². The highest BCUT2D eigenvalue weighted by atomic mass is 19.1. The van der Waals surface area contributed by atoms with E-state index in [0.717, 1.165) is 12.1 Å². The lowest BCUT2D eigenvalue weighted by Crippen LogP contribution is -2.06. The molecule has 0 saturated carbocycles. The number of carbonyl (C=O) groups excluding carboxylic acids is 1. The Morgan fingerprint density at radius 3 is 2.79 bits per heavy atom. The van der Waals surface area contributed by atoms with Crippen LogP contribution in [0.25, 0.3) is 11.6 Å². The standard InChI is InChI=1S/C11H8BFO/c1-7(2)10-5-8(12)6-11(13)9(10)3-4-14/h3,5-6H,1H2,2H3. The molecule has 0 bridgehead atoms. The molecule has 0 aromatic heterocycles. The number of rotatable bonds is 2. The summed E-state index contributed by atoms with van der Waals surface area (Å²) in [6.45, 7) is 5.40. The Bertz CT molecular complexity index is 431. The van der Waals surface area contributed by atoms with E-state index < -0.39 is 5.82 Å². The number of hydrogen-bond acceptors (Lipinski definition) is 1. The third-order valence-corrected chi connectivity index (χ3v) is 1.81. The first-order valence-corrected chi connectivity index (χ1v) is 4.02. The summed E-state index contributed by atoms with van der Waals surface area (Å²) in [6.07, 6.45) is 1.04. The first kappa shape index (κ1) is 10.5. The first-order chi connectivity index (χ1) is 6.56. The molecule has 1 rings (SSSR count). The molecule has 0 aliphatic rings. The van der Waals surface area contributed by atoms with Gasteiger partial charge in [0.2, 0.25) is 0 Å². The van der Waals surface area contributed by atoms with E-state index in [1.54, 1.807) is 18.9 Å². The van der Waals surface area contributed by atoms with Crippen molar-refractivity contribution < 1.29 is 9.18 Å². The largest absolute Gasteiger partial charge is 0.233 e. The normalized spacial score (nSPS) is 9.29. The van der Waals surface area contributed by atoms with Crippen LogP contribution in [0.3, 0.4) is 0 Å². The predicted molar refractivity (Wildman–Crippen MR) is 56.7 cm³/mol. The van der Waals surface area contributed by atoms with Crippen LogP contribution in [-0.4, -0.2) is 13.8 Å². The van der Waals surface area contributed by atoms with E-state index >= 15 is 0 Å². The second-order valence-corrected chi connectivity index (χ2v) is 3.01. The van der Waals surface area contributed by atoms with Crippen molar-refractivity contribution in [2.45, 2.75) is 6.92 Å². The zero-order valence-corrected chi connectivity index (χ0v) is 7.80. The van der Waals surface area contributed by atoms with Gasteiger partial charge in [0, 0.05) is 11.6 Å². The Morgan fingerprint density at radius 2 is 2.29 bits per heavy atom. The minimum absolute atomic E-state index is 0.182. The summed E-state index contributed by atoms with van der Waals surface area (Å²) in [4.78, 5) is 10.2. The van der Waals surface area contributed by atoms with Gasteiger partial charge in [0.25, 0.3) is 0 Å². The smallest absolute Gasteiger partial charge is 0.131 e. The van der Waals surface area contributed by atoms with Gasteiger partial charge in [0.05, 0.1) is 0 Å². The Balaban J connectivity index is 3.51. The maximum Gasteiger partial charge on any atom is 0.131 e. The van der Waals surface area contributed by atoms with Crippen LogP contribution >= 0.6 is 0 Å². The fourth-order valence-electron chi connectivity index (χ4n) is 1.20. The third-order valence-electron chi connectivity index (χ3n) is 1.81. The van der Waals surface area contributed by atoms with E-state index in [1.165, 1.54) is 0 Å². The van der Waals surface area contributed by atoms with Crippen LogP contribution in [0.1, 0.15) is 18.1 Å². The fourth-order valence-corrected chi connectivity index (χ4v) is 1.20. The summed E-state index contributed by atoms with van der Waals surface area (Å²) < 4.78 is 13.3. The molecular formula is C11H8BFO. The third kappa shape index (κ3) is 2.01. The van der Waals surface area contributed by atoms with Crippen LogP contribution in [0.5, 0.6) is 0 Å². The van der Waals surface area contributed by atoms with Crippen molar-refractivity contribution in [2.75, 3.05) is 0 Å². The molecule has 0 fully saturated rings. The average Bonchev–Trinajstić information content (AvgIpc) is 2.09. The van der Waals surface area contributed by atoms with Crippen molar-refractivity contribution in [1.82, 2.24) is 0 Å². The summed E-state index contributed by atoms with van der Waals surface area (Å²) in [6, 6.07) is 2.74. The van der Waals surface area contributed by atoms with Gasteiger partial charge >= 0.3 is 0 Å². The minimum Gasteiger partial charge on any atom is -0.233 e. The monoisotopic (exact) mass is 186 g/mol. The van der Waals surface area contributed by atoms with E-state index in [-0.39, 0.29) is 5.56 Å². The highest BCUT2D eigenvalue weighted by Crippen LogP contribution is 2.19. The van der Waals surface area contributed by atoms with Gasteiger partial charge in [0.15, 0.2) is 0 Å². The maximum atomic E-state index is 13.3. The van der Waals surface area contributed by atoms with E-state index in [9.17, 15) is 9.18 Å². The lowest BCUT2D eigenvalue weighted by atomic mass is 9.89. The maximum absolute atomic E-state index is 13.3. The molecule has 1 nitrogen and oxygen atoms in total. The molecule has 0 spiro atoms. The number of benzene rings is 1. The van der Waals surface area contributed by atoms with Crippen LogP contribution in [-0.2, 0) is 4.79 Å². The Kier molecular flexibility index (Phi) is 3.05. The molecule has 2 radical (unpaired) electrons. The van der Waals surface area contributed by atoms with Crippen LogP contribution in [0.2, 0.25) is 0 Å². The zero-order chi connectivity index (χ0) is 10.7. The van der Waals surface area contributed by atoms with Crippen molar-refractivity contribution in [1.29, 1.82) is 0 Å². The number of allylic oxidation sites excluding steroid dienone is 1. The van der Waals surface area contributed by atoms with Crippen molar-refractivity contribution in [3.63, 3.8) is 0 Å². The lowest BCUT2D eigenvalue weighted by molar-refractivity contribution is 0.569. The average molecular weight is 186 g/mol. The number of halogens is 1. The van der Waals surface area contributed by atoms with Gasteiger partial charge < -0.3 is 0 Å². The van der Waals surface area contributed by atoms with Gasteiger partial charge in [-0.2, -0.15) is 0 Å². The molecule has 14 heavy (non-hydrogen) atoms. The van der Waals surface area contributed by atoms with Gasteiger partial charge in [-0.25, -0.2) is 9.18 Å². The predicted octanol–water partition coefficient (Wildman–Crippen LogP) is 1.50. The second kappa shape index (κ2) is 4.08. The van der Waals surface area contributed by atoms with Crippen molar-refractivity contribution in [3.05, 3.63) is 35.7 Å². The summed E-state index contributed by atoms with van der Waals surface area (Å²) in [5, 5.41) is 0. The molecule has 68 valence electrons. The second-order valence-electron chi connectivity index (χ2n) is 3.01. The molecule has 0 N–H and O–H groups in total. The van der Waals surface area contributed by atoms with Gasteiger partial charge in [-0.1, -0.05) is 23.7 Å². The van der Waals surface area contributed by atoms with Crippen molar-refractivity contribution >= 4 is 30.9 Å². The van der Waals surface area contributed by atoms with E-state index in [4.69, 9.17) is 7.85 Å². The highest BCUT2D eigenvalue weighted by Gasteiger charge is 2.07. The van der Waals surface area contributed by atoms with Gasteiger partial charge in [-0.05, 0) is 18.6 Å². The van der Waals surface area contributed by atoms with Gasteiger partial charge in [0.1, 0.15) is 19.6 Å². The molecular weight excluding hydrogens is 178 g/mol. The van der Waals surface area contributed by atoms with Crippen LogP contribution in [0.4, 0.5) is 4.39 Å². The molecule has 0 amide bonds. The van der Waals surface area contributed by atoms with Crippen LogP contribution < -0.4 is 5.46 Å². The SMILES string of the molecule is [B]c1cc(F)c(C=C=O)c(C(=C)C)c1. The molecule has 1 aromatic rings. The first-order valence-electron chi connectivity index (χ1n) is 4.02. The van der Waals surface area contributed by atoms with Crippen LogP contribution in [0.15, 0.2) is 18.7 Å². The van der Waals surface area contributed by atoms with E-state index in [2.05, 4.69) is 6.58 Å². The van der Waals surface area contributed by atoms with Crippen molar-refractivity contribution in [2.24, 2.45) is 0 Å². The minimum atomic E-state index is -0.536. The van der Waals surface area contributed by atoms with E-state index in [0.29, 0.717) is 16.6 Å². The van der Waals surface area contributed by atoms with E-state index in [1.807, 2.05) is 0 Å². The zero-order valence-electron chi connectivity index (χ0n) is 7.80. The molecule has 0 unspecified atom stereocenters. The van der Waals surface area contributed by atoms with Gasteiger partial charge in [-0.3, -0.25) is 0 Å². The molecule has 0 aliphatic carbocycles. The molecule has 0 atom stereocenters. The Morgan fingerprint density at radius 1 is 1.64 bits per heavy atom. The number of hydrogen-bond donors (Lipinski definition) is 0. The highest BCUT2D eigenvalue weighted by molar-refractivity contribution is 6.32. The van der Waals surface area contributed by atoms with Gasteiger partial charge in [-0.15, -0.1) is 0 Å². The Labute approximate surface area is 83.4 Å². The molecule has 0 aliphatic heterocycles. The summed E-state index contributed by atoms with van der Waals surface area (Å²) >= 11 is 0. The molecule has 1 aromatic carbocycles. The van der Waals surface area contributed by atoms with Crippen LogP contribution in [0, 0.1) is 5.82 Å². The Hall–Kier alpha value is -1.60. The molecule has 0 saturated heterocycles. The molecule has 0 heterocycles. The lowest BCUT2D eigenvalue weighted by Gasteiger charge is -2.07.